The number of hydrogen-bond acceptors (Lipinski definition) is 2. The minimum Gasteiger partial charge on any atom is -0.423 e. The molecule has 1 aromatic heterocycles. The summed E-state index contributed by atoms with van der Waals surface area (Å²) in [6.45, 7) is 0. The van der Waals surface area contributed by atoms with Gasteiger partial charge in [0, 0.05) is 22.1 Å². The Hall–Kier alpha value is -2.26. The van der Waals surface area contributed by atoms with E-state index in [0.29, 0.717) is 16.3 Å². The molecule has 0 amide bonds. The Morgan fingerprint density at radius 3 is 2.79 bits per heavy atom. The second-order valence-corrected chi connectivity index (χ2v) is 4.53. The number of ether oxygens (including phenoxy) is 1. The summed E-state index contributed by atoms with van der Waals surface area (Å²) in [7, 11) is 0. The Kier molecular flexibility index (Phi) is 2.97. The fourth-order valence-corrected chi connectivity index (χ4v) is 2.14. The Labute approximate surface area is 114 Å². The van der Waals surface area contributed by atoms with E-state index in [9.17, 15) is 4.79 Å². The number of esters is 1. The Balaban J connectivity index is 1.94. The molecule has 3 rings (SSSR count). The number of hydrogen-bond donors (Lipinski definition) is 1. The van der Waals surface area contributed by atoms with Crippen LogP contribution in [0.5, 0.6) is 5.75 Å². The Morgan fingerprint density at radius 1 is 1.11 bits per heavy atom. The first-order valence-electron chi connectivity index (χ1n) is 5.78. The molecule has 0 unspecified atom stereocenters. The number of carbonyl (C=O) groups excluding carboxylic acids is 1. The highest BCUT2D eigenvalue weighted by Gasteiger charge is 2.12. The Bertz CT molecular complexity index is 748. The number of aromatic nitrogens is 1. The molecule has 0 radical (unpaired) electrons. The molecule has 0 atom stereocenters. The van der Waals surface area contributed by atoms with Crippen molar-refractivity contribution in [3.63, 3.8) is 0 Å². The highest BCUT2D eigenvalue weighted by molar-refractivity contribution is 6.30. The summed E-state index contributed by atoms with van der Waals surface area (Å²) >= 11 is 5.86. The summed E-state index contributed by atoms with van der Waals surface area (Å²) in [4.78, 5) is 15.2. The highest BCUT2D eigenvalue weighted by atomic mass is 35.5. The van der Waals surface area contributed by atoms with Crippen molar-refractivity contribution in [2.24, 2.45) is 0 Å². The third-order valence-corrected chi connectivity index (χ3v) is 3.06. The summed E-state index contributed by atoms with van der Waals surface area (Å²) in [5.74, 6) is 0.0394. The molecule has 2 aromatic carbocycles. The lowest BCUT2D eigenvalue weighted by Crippen LogP contribution is -2.08. The van der Waals surface area contributed by atoms with E-state index in [4.69, 9.17) is 16.3 Å². The predicted molar refractivity (Wildman–Crippen MR) is 74.7 cm³/mol. The molecule has 0 bridgehead atoms. The zero-order valence-electron chi connectivity index (χ0n) is 9.89. The van der Waals surface area contributed by atoms with Gasteiger partial charge in [0.1, 0.15) is 5.75 Å². The van der Waals surface area contributed by atoms with Crippen LogP contribution in [0.4, 0.5) is 0 Å². The number of nitrogens with one attached hydrogen (secondary N) is 1. The molecule has 1 N–H and O–H groups in total. The van der Waals surface area contributed by atoms with Crippen molar-refractivity contribution in [2.75, 3.05) is 0 Å². The zero-order valence-corrected chi connectivity index (χ0v) is 10.6. The fraction of sp³-hybridized carbons (Fsp3) is 0. The van der Waals surface area contributed by atoms with Crippen LogP contribution in [0.15, 0.2) is 54.7 Å². The topological polar surface area (TPSA) is 42.1 Å². The lowest BCUT2D eigenvalue weighted by atomic mass is 10.1. The summed E-state index contributed by atoms with van der Waals surface area (Å²) in [5.41, 5.74) is 1.43. The summed E-state index contributed by atoms with van der Waals surface area (Å²) in [6, 6.07) is 14.1. The number of benzene rings is 2. The van der Waals surface area contributed by atoms with Crippen LogP contribution < -0.4 is 4.74 Å². The normalized spacial score (nSPS) is 10.6. The van der Waals surface area contributed by atoms with E-state index in [0.717, 1.165) is 10.9 Å². The molecule has 0 saturated heterocycles. The quantitative estimate of drug-likeness (QED) is 0.564. The van der Waals surface area contributed by atoms with E-state index in [-0.39, 0.29) is 0 Å². The van der Waals surface area contributed by atoms with E-state index >= 15 is 0 Å². The van der Waals surface area contributed by atoms with Gasteiger partial charge in [0.05, 0.1) is 5.56 Å². The minimum atomic E-state index is -0.396. The monoisotopic (exact) mass is 271 g/mol. The fourth-order valence-electron chi connectivity index (χ4n) is 1.96. The molecule has 3 nitrogen and oxygen atoms in total. The molecule has 0 aliphatic carbocycles. The van der Waals surface area contributed by atoms with Crippen LogP contribution in [-0.4, -0.2) is 11.0 Å². The SMILES string of the molecule is O=C(Oc1cccc(Cl)c1)c1cccc2[nH]ccc12. The molecule has 0 spiro atoms. The third kappa shape index (κ3) is 2.33. The standard InChI is InChI=1S/C15H10ClNO2/c16-10-3-1-4-11(9-10)19-15(18)13-5-2-6-14-12(13)7-8-17-14/h1-9,17H. The van der Waals surface area contributed by atoms with Crippen LogP contribution in [-0.2, 0) is 0 Å². The molecule has 4 heteroatoms. The van der Waals surface area contributed by atoms with Gasteiger partial charge in [-0.1, -0.05) is 23.7 Å². The van der Waals surface area contributed by atoms with E-state index in [1.54, 1.807) is 36.5 Å². The average molecular weight is 272 g/mol. The number of fused-ring (bicyclic) bond motifs is 1. The number of halogens is 1. The Morgan fingerprint density at radius 2 is 1.95 bits per heavy atom. The van der Waals surface area contributed by atoms with E-state index < -0.39 is 5.97 Å². The molecule has 0 aliphatic heterocycles. The molecular formula is C15H10ClNO2. The summed E-state index contributed by atoms with van der Waals surface area (Å²) < 4.78 is 5.32. The van der Waals surface area contributed by atoms with Gasteiger partial charge in [-0.3, -0.25) is 0 Å². The maximum Gasteiger partial charge on any atom is 0.344 e. The smallest absolute Gasteiger partial charge is 0.344 e. The number of carbonyl (C=O) groups is 1. The molecule has 3 aromatic rings. The maximum absolute atomic E-state index is 12.2. The van der Waals surface area contributed by atoms with Gasteiger partial charge in [0.25, 0.3) is 0 Å². The van der Waals surface area contributed by atoms with E-state index in [1.165, 1.54) is 0 Å². The molecule has 0 fully saturated rings. The van der Waals surface area contributed by atoms with Crippen LogP contribution in [0.3, 0.4) is 0 Å². The molecule has 1 heterocycles. The first-order chi connectivity index (χ1) is 9.24. The molecule has 19 heavy (non-hydrogen) atoms. The highest BCUT2D eigenvalue weighted by Crippen LogP contribution is 2.21. The van der Waals surface area contributed by atoms with Gasteiger partial charge < -0.3 is 9.72 Å². The molecule has 94 valence electrons. The van der Waals surface area contributed by atoms with Crippen molar-refractivity contribution in [3.05, 3.63) is 65.3 Å². The molecule has 0 saturated carbocycles. The summed E-state index contributed by atoms with van der Waals surface area (Å²) in [6.07, 6.45) is 1.79. The van der Waals surface area contributed by atoms with Gasteiger partial charge in [-0.2, -0.15) is 0 Å². The van der Waals surface area contributed by atoms with Crippen LogP contribution in [0, 0.1) is 0 Å². The van der Waals surface area contributed by atoms with Gasteiger partial charge in [0.2, 0.25) is 0 Å². The van der Waals surface area contributed by atoms with Crippen molar-refractivity contribution < 1.29 is 9.53 Å². The zero-order chi connectivity index (χ0) is 13.2. The number of aromatic amines is 1. The lowest BCUT2D eigenvalue weighted by molar-refractivity contribution is 0.0737. The van der Waals surface area contributed by atoms with Crippen molar-refractivity contribution in [2.45, 2.75) is 0 Å². The van der Waals surface area contributed by atoms with Crippen LogP contribution >= 0.6 is 11.6 Å². The third-order valence-electron chi connectivity index (χ3n) is 2.82. The van der Waals surface area contributed by atoms with Crippen molar-refractivity contribution in [3.8, 4) is 5.75 Å². The largest absolute Gasteiger partial charge is 0.423 e. The minimum absolute atomic E-state index is 0.396. The maximum atomic E-state index is 12.2. The second kappa shape index (κ2) is 4.78. The van der Waals surface area contributed by atoms with Gasteiger partial charge in [0.15, 0.2) is 0 Å². The summed E-state index contributed by atoms with van der Waals surface area (Å²) in [5, 5.41) is 1.37. The number of H-pyrrole nitrogens is 1. The van der Waals surface area contributed by atoms with Crippen molar-refractivity contribution in [1.29, 1.82) is 0 Å². The van der Waals surface area contributed by atoms with Gasteiger partial charge in [-0.25, -0.2) is 4.79 Å². The first-order valence-corrected chi connectivity index (χ1v) is 6.16. The molecular weight excluding hydrogens is 262 g/mol. The molecule has 0 aliphatic rings. The first kappa shape index (κ1) is 11.8. The number of rotatable bonds is 2. The van der Waals surface area contributed by atoms with Crippen molar-refractivity contribution in [1.82, 2.24) is 4.98 Å². The lowest BCUT2D eigenvalue weighted by Gasteiger charge is -2.05. The van der Waals surface area contributed by atoms with E-state index in [1.807, 2.05) is 18.2 Å². The predicted octanol–water partition coefficient (Wildman–Crippen LogP) is 4.04. The second-order valence-electron chi connectivity index (χ2n) is 4.09. The van der Waals surface area contributed by atoms with Crippen LogP contribution in [0.1, 0.15) is 10.4 Å². The van der Waals surface area contributed by atoms with Gasteiger partial charge >= 0.3 is 5.97 Å². The van der Waals surface area contributed by atoms with Crippen molar-refractivity contribution >= 4 is 28.5 Å². The van der Waals surface area contributed by atoms with Gasteiger partial charge in [-0.05, 0) is 36.4 Å². The van der Waals surface area contributed by atoms with Crippen LogP contribution in [0.25, 0.3) is 10.9 Å². The van der Waals surface area contributed by atoms with Crippen LogP contribution in [0.2, 0.25) is 5.02 Å². The van der Waals surface area contributed by atoms with E-state index in [2.05, 4.69) is 4.98 Å². The van der Waals surface area contributed by atoms with Gasteiger partial charge in [-0.15, -0.1) is 0 Å². The average Bonchev–Trinajstić information content (AvgIpc) is 2.86.